The number of aromatic amines is 2. The number of carbonyl (C=O) groups is 2. The van der Waals surface area contributed by atoms with Crippen molar-refractivity contribution in [3.8, 4) is 24.7 Å². The lowest BCUT2D eigenvalue weighted by Crippen LogP contribution is -2.34. The number of benzene rings is 2. The molecule has 2 aromatic carbocycles. The molecular formula is C57H75N5O5S. The maximum Gasteiger partial charge on any atom is 0.202 e. The Bertz CT molecular complexity index is 2680. The number of hydrogen-bond donors (Lipinski definition) is 3. The summed E-state index contributed by atoms with van der Waals surface area (Å²) in [4.78, 5) is 40.1. The Morgan fingerprint density at radius 1 is 0.765 bits per heavy atom. The molecular weight excluding hydrogens is 867 g/mol. The summed E-state index contributed by atoms with van der Waals surface area (Å²) in [7, 11) is -1.22. The number of rotatable bonds is 20. The zero-order valence-electron chi connectivity index (χ0n) is 42.4. The van der Waals surface area contributed by atoms with Crippen molar-refractivity contribution in [1.29, 1.82) is 0 Å². The van der Waals surface area contributed by atoms with Crippen molar-refractivity contribution in [2.24, 2.45) is 10.8 Å². The summed E-state index contributed by atoms with van der Waals surface area (Å²) in [5, 5.41) is 3.49. The van der Waals surface area contributed by atoms with E-state index in [9.17, 15) is 18.0 Å². The third kappa shape index (κ3) is 15.3. The Labute approximate surface area is 407 Å². The van der Waals surface area contributed by atoms with Crippen LogP contribution < -0.4 is 5.32 Å². The molecule has 0 saturated heterocycles. The molecule has 0 unspecified atom stereocenters. The smallest absolute Gasteiger partial charge is 0.202 e. The second kappa shape index (κ2) is 22.9. The maximum atomic E-state index is 13.0. The molecule has 0 fully saturated rings. The number of unbranched alkanes of at least 4 members (excludes halogenated alkanes) is 1. The molecule has 0 saturated carbocycles. The molecule has 0 atom stereocenters. The maximum absolute atomic E-state index is 13.0. The minimum absolute atomic E-state index is 0.0530. The summed E-state index contributed by atoms with van der Waals surface area (Å²) in [6.07, 6.45) is 29.1. The van der Waals surface area contributed by atoms with Gasteiger partial charge in [0.1, 0.15) is 21.2 Å². The third-order valence-electron chi connectivity index (χ3n) is 13.7. The van der Waals surface area contributed by atoms with E-state index in [-0.39, 0.29) is 45.8 Å². The first kappa shape index (κ1) is 53.6. The number of terminal acetylenes is 2. The van der Waals surface area contributed by atoms with Gasteiger partial charge >= 0.3 is 0 Å². The lowest BCUT2D eigenvalue weighted by molar-refractivity contribution is 0.0976. The number of Topliss-reactive ketones (excluding diaryl/α,β-unsaturated/α-hetero) is 2. The molecule has 2 aliphatic rings. The monoisotopic (exact) mass is 942 g/mol. The number of aromatic nitrogens is 4. The number of ketones is 2. The van der Waals surface area contributed by atoms with E-state index >= 15 is 0 Å². The molecule has 6 rings (SSSR count). The second-order valence-corrected chi connectivity index (χ2v) is 24.0. The molecule has 0 aliphatic heterocycles. The van der Waals surface area contributed by atoms with Crippen LogP contribution in [0, 0.1) is 35.5 Å². The molecule has 2 heterocycles. The van der Waals surface area contributed by atoms with Crippen LogP contribution in [0.15, 0.2) is 60.9 Å². The highest BCUT2D eigenvalue weighted by molar-refractivity contribution is 7.90. The van der Waals surface area contributed by atoms with Crippen LogP contribution in [0.25, 0.3) is 11.1 Å². The lowest BCUT2D eigenvalue weighted by Gasteiger charge is -2.31. The predicted octanol–water partition coefficient (Wildman–Crippen LogP) is 10.8. The number of methoxy groups -OCH3 is 1. The van der Waals surface area contributed by atoms with E-state index in [0.29, 0.717) is 42.1 Å². The minimum atomic E-state index is -2.94. The largest absolute Gasteiger partial charge is 0.383 e. The van der Waals surface area contributed by atoms with Gasteiger partial charge in [0.05, 0.1) is 19.0 Å². The molecule has 0 bridgehead atoms. The first-order valence-electron chi connectivity index (χ1n) is 24.1. The molecule has 3 N–H and O–H groups in total. The molecule has 68 heavy (non-hydrogen) atoms. The average Bonchev–Trinajstić information content (AvgIpc) is 3.98. The van der Waals surface area contributed by atoms with E-state index in [2.05, 4.69) is 141 Å². The van der Waals surface area contributed by atoms with E-state index < -0.39 is 9.84 Å². The SMILES string of the molecule is C#Cc1cnc(C(=O)Cc2ccc(C(C)(C)CCCCS(C)(=O)=O)cc2C2=CCC(C)(C)CC2)[nH]1.C#Cc1cnc(C(=O)Cc2ccc(C(C)(C)CNCCOC)cc2C2=CCC(C)(C)CC2)[nH]1. The van der Waals surface area contributed by atoms with Gasteiger partial charge in [-0.3, -0.25) is 9.59 Å². The molecule has 364 valence electrons. The summed E-state index contributed by atoms with van der Waals surface area (Å²) in [5.74, 6) is 5.67. The fourth-order valence-corrected chi connectivity index (χ4v) is 9.61. The molecule has 11 heteroatoms. The normalized spacial score (nSPS) is 15.8. The van der Waals surface area contributed by atoms with Gasteiger partial charge in [-0.1, -0.05) is 122 Å². The summed E-state index contributed by atoms with van der Waals surface area (Å²) >= 11 is 0. The number of ether oxygens (including phenoxy) is 1. The first-order chi connectivity index (χ1) is 31.9. The Morgan fingerprint density at radius 2 is 1.24 bits per heavy atom. The number of nitrogens with one attached hydrogen (secondary N) is 3. The molecule has 10 nitrogen and oxygen atoms in total. The van der Waals surface area contributed by atoms with Gasteiger partial charge in [-0.15, -0.1) is 12.8 Å². The van der Waals surface area contributed by atoms with Crippen LogP contribution in [0.4, 0.5) is 0 Å². The number of nitrogens with zero attached hydrogens (tertiary/aromatic N) is 2. The fraction of sp³-hybridized carbons (Fsp3) is 0.509. The topological polar surface area (TPSA) is 147 Å². The van der Waals surface area contributed by atoms with Crippen LogP contribution in [-0.2, 0) is 38.2 Å². The van der Waals surface area contributed by atoms with E-state index in [1.54, 1.807) is 7.11 Å². The van der Waals surface area contributed by atoms with Crippen LogP contribution in [0.1, 0.15) is 179 Å². The summed E-state index contributed by atoms with van der Waals surface area (Å²) in [6, 6.07) is 13.0. The quantitative estimate of drug-likeness (QED) is 0.0451. The molecule has 4 aromatic rings. The van der Waals surface area contributed by atoms with Gasteiger partial charge in [0.25, 0.3) is 0 Å². The van der Waals surface area contributed by atoms with Crippen molar-refractivity contribution in [2.45, 2.75) is 137 Å². The van der Waals surface area contributed by atoms with E-state index in [1.165, 1.54) is 46.5 Å². The average molecular weight is 942 g/mol. The van der Waals surface area contributed by atoms with Crippen LogP contribution in [0.3, 0.4) is 0 Å². The Balaban J connectivity index is 0.000000255. The van der Waals surface area contributed by atoms with E-state index in [1.807, 2.05) is 0 Å². The van der Waals surface area contributed by atoms with Crippen LogP contribution in [0.5, 0.6) is 0 Å². The number of sulfone groups is 1. The van der Waals surface area contributed by atoms with Gasteiger partial charge < -0.3 is 20.0 Å². The highest BCUT2D eigenvalue weighted by Gasteiger charge is 2.29. The van der Waals surface area contributed by atoms with Crippen molar-refractivity contribution in [1.82, 2.24) is 25.3 Å². The summed E-state index contributed by atoms with van der Waals surface area (Å²) in [5.41, 5.74) is 10.9. The van der Waals surface area contributed by atoms with Gasteiger partial charge in [-0.2, -0.15) is 0 Å². The first-order valence-corrected chi connectivity index (χ1v) is 26.1. The summed E-state index contributed by atoms with van der Waals surface area (Å²) < 4.78 is 28.1. The van der Waals surface area contributed by atoms with Crippen LogP contribution >= 0.6 is 0 Å². The fourth-order valence-electron chi connectivity index (χ4n) is 8.88. The Morgan fingerprint density at radius 3 is 1.63 bits per heavy atom. The predicted molar refractivity (Wildman–Crippen MR) is 278 cm³/mol. The number of hydrogen-bond acceptors (Lipinski definition) is 8. The van der Waals surface area contributed by atoms with Crippen LogP contribution in [0.2, 0.25) is 0 Å². The molecule has 0 radical (unpaired) electrons. The molecule has 0 amide bonds. The van der Waals surface area contributed by atoms with Crippen LogP contribution in [-0.4, -0.2) is 78.7 Å². The zero-order valence-corrected chi connectivity index (χ0v) is 43.2. The van der Waals surface area contributed by atoms with Crippen molar-refractivity contribution in [2.75, 3.05) is 38.8 Å². The highest BCUT2D eigenvalue weighted by atomic mass is 32.2. The summed E-state index contributed by atoms with van der Waals surface area (Å²) in [6.45, 7) is 20.5. The van der Waals surface area contributed by atoms with Gasteiger partial charge in [0, 0.05) is 50.5 Å². The van der Waals surface area contributed by atoms with Crippen molar-refractivity contribution < 1.29 is 22.7 Å². The van der Waals surface area contributed by atoms with Gasteiger partial charge in [-0.05, 0) is 112 Å². The van der Waals surface area contributed by atoms with E-state index in [0.717, 1.165) is 81.1 Å². The number of carbonyl (C=O) groups excluding carboxylic acids is 2. The lowest BCUT2D eigenvalue weighted by atomic mass is 9.74. The van der Waals surface area contributed by atoms with Crippen molar-refractivity contribution in [3.63, 3.8) is 0 Å². The molecule has 0 spiro atoms. The van der Waals surface area contributed by atoms with E-state index in [4.69, 9.17) is 17.6 Å². The Kier molecular flexibility index (Phi) is 18.0. The minimum Gasteiger partial charge on any atom is -0.383 e. The molecule has 2 aliphatic carbocycles. The standard InChI is InChI=1S/C29H38N2O3S.C28H37N3O2/c1-7-24-20-30-27(31-24)26(32)18-22-10-11-23(29(4,5)14-8-9-17-35(6,33)34)19-25(22)21-12-15-28(2,3)16-13-21;1-7-23-18-30-26(31-23)25(32)16-21-8-9-22(28(4,5)19-29-14-15-33-6)17-24(21)20-10-12-27(2,3)13-11-20/h1,10-12,19-20H,8-9,13-18H2,2-6H3,(H,30,31);1,8-10,17-18,29H,11-16,19H2,2-6H3,(H,30,31). The van der Waals surface area contributed by atoms with Gasteiger partial charge in [0.2, 0.25) is 11.6 Å². The van der Waals surface area contributed by atoms with Crippen molar-refractivity contribution >= 4 is 32.5 Å². The zero-order chi connectivity index (χ0) is 49.9. The van der Waals surface area contributed by atoms with Crippen molar-refractivity contribution in [3.05, 3.63) is 117 Å². The number of imidazole rings is 2. The Hall–Kier alpha value is -5.33. The highest BCUT2D eigenvalue weighted by Crippen LogP contribution is 2.42. The molecule has 2 aromatic heterocycles. The third-order valence-corrected chi connectivity index (χ3v) is 14.8. The van der Waals surface area contributed by atoms with Gasteiger partial charge in [0.15, 0.2) is 11.6 Å². The van der Waals surface area contributed by atoms with Gasteiger partial charge in [-0.25, -0.2) is 18.4 Å². The second-order valence-electron chi connectivity index (χ2n) is 21.7. The number of allylic oxidation sites excluding steroid dienone is 4. The number of H-pyrrole nitrogens is 2.